The Morgan fingerprint density at radius 2 is 1.86 bits per heavy atom. The molecule has 1 aromatic carbocycles. The third kappa shape index (κ3) is 2.85. The Morgan fingerprint density at radius 1 is 1.19 bits per heavy atom. The van der Waals surface area contributed by atoms with Gasteiger partial charge in [0.15, 0.2) is 0 Å². The molecular formula is C17H24FNO2. The molecule has 1 atom stereocenters. The van der Waals surface area contributed by atoms with Crippen LogP contribution in [0.1, 0.15) is 42.9 Å². The molecule has 1 aliphatic heterocycles. The van der Waals surface area contributed by atoms with Gasteiger partial charge in [0.2, 0.25) is 0 Å². The number of hydrogen-bond acceptors (Lipinski definition) is 3. The minimum Gasteiger partial charge on any atom is -0.386 e. The van der Waals surface area contributed by atoms with Gasteiger partial charge in [0, 0.05) is 13.1 Å². The normalized spacial score (nSPS) is 24.1. The summed E-state index contributed by atoms with van der Waals surface area (Å²) in [5, 5.41) is 11.0. The molecule has 0 spiro atoms. The molecule has 3 nitrogen and oxygen atoms in total. The van der Waals surface area contributed by atoms with Gasteiger partial charge >= 0.3 is 0 Å². The van der Waals surface area contributed by atoms with E-state index in [9.17, 15) is 9.50 Å². The lowest BCUT2D eigenvalue weighted by atomic mass is 9.83. The second kappa shape index (κ2) is 6.03. The van der Waals surface area contributed by atoms with Crippen LogP contribution in [0.25, 0.3) is 0 Å². The van der Waals surface area contributed by atoms with Crippen LogP contribution in [0.3, 0.4) is 0 Å². The van der Waals surface area contributed by atoms with Gasteiger partial charge in [-0.05, 0) is 43.0 Å². The van der Waals surface area contributed by atoms with Gasteiger partial charge in [0.25, 0.3) is 0 Å². The van der Waals surface area contributed by atoms with Gasteiger partial charge in [-0.2, -0.15) is 0 Å². The zero-order valence-corrected chi connectivity index (χ0v) is 12.6. The Morgan fingerprint density at radius 3 is 2.48 bits per heavy atom. The van der Waals surface area contributed by atoms with Crippen molar-refractivity contribution in [2.24, 2.45) is 0 Å². The van der Waals surface area contributed by atoms with Crippen LogP contribution in [0.2, 0.25) is 0 Å². The van der Waals surface area contributed by atoms with Crippen molar-refractivity contribution in [3.8, 4) is 0 Å². The quantitative estimate of drug-likeness (QED) is 0.930. The molecule has 1 unspecified atom stereocenters. The van der Waals surface area contributed by atoms with Crippen molar-refractivity contribution in [1.82, 2.24) is 4.90 Å². The summed E-state index contributed by atoms with van der Waals surface area (Å²) in [6.45, 7) is 5.01. The average Bonchev–Trinajstić information content (AvgIpc) is 2.97. The lowest BCUT2D eigenvalue weighted by Crippen LogP contribution is -2.55. The lowest BCUT2D eigenvalue weighted by Gasteiger charge is -2.46. The van der Waals surface area contributed by atoms with Crippen LogP contribution >= 0.6 is 0 Å². The molecule has 1 saturated heterocycles. The number of halogens is 1. The fourth-order valence-electron chi connectivity index (χ4n) is 3.99. The Hall–Kier alpha value is -0.970. The average molecular weight is 293 g/mol. The maximum atomic E-state index is 13.7. The van der Waals surface area contributed by atoms with E-state index in [-0.39, 0.29) is 11.4 Å². The molecule has 1 N–H and O–H groups in total. The van der Waals surface area contributed by atoms with Crippen molar-refractivity contribution in [3.05, 3.63) is 35.1 Å². The van der Waals surface area contributed by atoms with E-state index >= 15 is 0 Å². The maximum absolute atomic E-state index is 13.7. The molecule has 2 aliphatic rings. The highest BCUT2D eigenvalue weighted by atomic mass is 19.1. The Kier molecular flexibility index (Phi) is 4.29. The number of hydrogen-bond donors (Lipinski definition) is 1. The molecule has 0 amide bonds. The number of morpholine rings is 1. The zero-order valence-electron chi connectivity index (χ0n) is 12.6. The van der Waals surface area contributed by atoms with Crippen LogP contribution in [0.4, 0.5) is 4.39 Å². The van der Waals surface area contributed by atoms with Crippen LogP contribution in [0.15, 0.2) is 18.2 Å². The van der Waals surface area contributed by atoms with Crippen LogP contribution < -0.4 is 0 Å². The molecule has 1 heterocycles. The van der Waals surface area contributed by atoms with E-state index in [1.54, 1.807) is 0 Å². The molecule has 4 heteroatoms. The zero-order chi connectivity index (χ0) is 14.9. The molecule has 116 valence electrons. The first-order valence-electron chi connectivity index (χ1n) is 7.90. The summed E-state index contributed by atoms with van der Waals surface area (Å²) < 4.78 is 19.1. The van der Waals surface area contributed by atoms with E-state index in [0.717, 1.165) is 57.6 Å². The van der Waals surface area contributed by atoms with Gasteiger partial charge < -0.3 is 9.84 Å². The highest BCUT2D eigenvalue weighted by Gasteiger charge is 2.46. The largest absolute Gasteiger partial charge is 0.386 e. The van der Waals surface area contributed by atoms with Crippen molar-refractivity contribution >= 4 is 0 Å². The van der Waals surface area contributed by atoms with Gasteiger partial charge in [-0.25, -0.2) is 4.39 Å². The molecule has 0 radical (unpaired) electrons. The van der Waals surface area contributed by atoms with E-state index in [1.165, 1.54) is 12.1 Å². The van der Waals surface area contributed by atoms with E-state index in [0.29, 0.717) is 5.56 Å². The summed E-state index contributed by atoms with van der Waals surface area (Å²) in [7, 11) is 0. The van der Waals surface area contributed by atoms with E-state index in [1.807, 2.05) is 13.0 Å². The second-order valence-corrected chi connectivity index (χ2v) is 6.37. The topological polar surface area (TPSA) is 32.7 Å². The second-order valence-electron chi connectivity index (χ2n) is 6.37. The molecule has 3 rings (SSSR count). The first kappa shape index (κ1) is 14.9. The highest BCUT2D eigenvalue weighted by Crippen LogP contribution is 2.45. The van der Waals surface area contributed by atoms with Crippen molar-refractivity contribution in [1.29, 1.82) is 0 Å². The number of ether oxygens (including phenoxy) is 1. The summed E-state index contributed by atoms with van der Waals surface area (Å²) >= 11 is 0. The number of aliphatic hydroxyl groups is 1. The van der Waals surface area contributed by atoms with E-state index in [2.05, 4.69) is 4.90 Å². The molecule has 0 bridgehead atoms. The van der Waals surface area contributed by atoms with Crippen LogP contribution in [-0.2, 0) is 4.74 Å². The van der Waals surface area contributed by atoms with Crippen LogP contribution in [0.5, 0.6) is 0 Å². The summed E-state index contributed by atoms with van der Waals surface area (Å²) in [4.78, 5) is 2.37. The maximum Gasteiger partial charge on any atom is 0.123 e. The molecule has 1 saturated carbocycles. The minimum atomic E-state index is -0.632. The molecule has 1 aromatic rings. The molecular weight excluding hydrogens is 269 g/mol. The number of aryl methyl sites for hydroxylation is 1. The Labute approximate surface area is 125 Å². The van der Waals surface area contributed by atoms with Gasteiger partial charge in [0.1, 0.15) is 5.82 Å². The highest BCUT2D eigenvalue weighted by molar-refractivity contribution is 5.28. The van der Waals surface area contributed by atoms with E-state index in [4.69, 9.17) is 4.74 Å². The van der Waals surface area contributed by atoms with Crippen LogP contribution in [0, 0.1) is 12.7 Å². The smallest absolute Gasteiger partial charge is 0.123 e. The number of benzene rings is 1. The van der Waals surface area contributed by atoms with Crippen molar-refractivity contribution in [2.75, 3.05) is 26.3 Å². The Balaban J connectivity index is 1.92. The van der Waals surface area contributed by atoms with E-state index < -0.39 is 6.10 Å². The van der Waals surface area contributed by atoms with Crippen LogP contribution in [-0.4, -0.2) is 41.8 Å². The Bertz CT molecular complexity index is 473. The van der Waals surface area contributed by atoms with Gasteiger partial charge in [-0.1, -0.05) is 18.9 Å². The summed E-state index contributed by atoms with van der Waals surface area (Å²) in [6.07, 6.45) is 3.58. The third-order valence-electron chi connectivity index (χ3n) is 5.00. The fraction of sp³-hybridized carbons (Fsp3) is 0.647. The first-order valence-corrected chi connectivity index (χ1v) is 7.90. The minimum absolute atomic E-state index is 0.246. The summed E-state index contributed by atoms with van der Waals surface area (Å²) in [5.74, 6) is -0.265. The predicted octanol–water partition coefficient (Wildman–Crippen LogP) is 2.81. The monoisotopic (exact) mass is 293 g/mol. The number of nitrogens with zero attached hydrogens (tertiary/aromatic N) is 1. The molecule has 2 fully saturated rings. The number of aliphatic hydroxyl groups excluding tert-OH is 1. The number of rotatable bonds is 3. The lowest BCUT2D eigenvalue weighted by molar-refractivity contribution is -0.0775. The van der Waals surface area contributed by atoms with Gasteiger partial charge in [-0.15, -0.1) is 0 Å². The van der Waals surface area contributed by atoms with Crippen molar-refractivity contribution in [2.45, 2.75) is 44.2 Å². The van der Waals surface area contributed by atoms with Crippen molar-refractivity contribution in [3.63, 3.8) is 0 Å². The fourth-order valence-corrected chi connectivity index (χ4v) is 3.99. The standard InChI is InChI=1S/C17H24FNO2/c1-13-10-14(12-15(18)11-13)16(20)17(4-2-3-5-17)19-6-8-21-9-7-19/h10-12,16,20H,2-9H2,1H3. The summed E-state index contributed by atoms with van der Waals surface area (Å²) in [5.41, 5.74) is 1.32. The molecule has 0 aromatic heterocycles. The molecule has 21 heavy (non-hydrogen) atoms. The SMILES string of the molecule is Cc1cc(F)cc(C(O)C2(N3CCOCC3)CCCC2)c1. The third-order valence-corrected chi connectivity index (χ3v) is 5.00. The first-order chi connectivity index (χ1) is 10.1. The molecule has 1 aliphatic carbocycles. The summed E-state index contributed by atoms with van der Waals surface area (Å²) in [6, 6.07) is 4.90. The van der Waals surface area contributed by atoms with Gasteiger partial charge in [-0.3, -0.25) is 4.90 Å². The van der Waals surface area contributed by atoms with Gasteiger partial charge in [0.05, 0.1) is 24.9 Å². The predicted molar refractivity (Wildman–Crippen MR) is 79.7 cm³/mol. The van der Waals surface area contributed by atoms with Crippen molar-refractivity contribution < 1.29 is 14.2 Å².